The first kappa shape index (κ1) is 27.5. The van der Waals surface area contributed by atoms with Crippen LogP contribution in [0.25, 0.3) is 22.2 Å². The fourth-order valence-corrected chi connectivity index (χ4v) is 5.25. The Morgan fingerprint density at radius 2 is 1.95 bits per heavy atom. The summed E-state index contributed by atoms with van der Waals surface area (Å²) < 4.78 is 43.4. The molecule has 5 rings (SSSR count). The Bertz CT molecular complexity index is 1650. The zero-order valence-electron chi connectivity index (χ0n) is 22.0. The molecule has 0 aliphatic rings. The van der Waals surface area contributed by atoms with Crippen LogP contribution in [0.3, 0.4) is 0 Å². The van der Waals surface area contributed by atoms with Gasteiger partial charge in [-0.25, -0.2) is 9.97 Å². The van der Waals surface area contributed by atoms with Crippen molar-refractivity contribution in [1.29, 1.82) is 0 Å². The van der Waals surface area contributed by atoms with Gasteiger partial charge in [0.05, 0.1) is 34.7 Å². The number of hydrogen-bond acceptors (Lipinski definition) is 6. The standard InChI is InChI=1S/C29H27F3N6OS/c1-17-10-19(27(29(30,31)32)33-13-21-15-40-16-34-21)8-9-22(17)28(39)36-18(2)24-11-26(20-12-35-38(3)14-20)37-25-7-5-4-6-23(24)25/h4-12,14-16,18,27,33H,13H2,1-3H3,(H,36,39)/t18-,27?/m1/s1. The number of nitrogens with zero attached hydrogens (tertiary/aromatic N) is 4. The number of thiazole rings is 1. The van der Waals surface area contributed by atoms with Crippen molar-refractivity contribution < 1.29 is 18.0 Å². The summed E-state index contributed by atoms with van der Waals surface area (Å²) in [6.45, 7) is 3.49. The molecule has 1 amide bonds. The van der Waals surface area contributed by atoms with Crippen molar-refractivity contribution in [3.8, 4) is 11.3 Å². The second-order valence-corrected chi connectivity index (χ2v) is 10.3. The molecule has 3 heterocycles. The molecule has 0 spiro atoms. The molecule has 2 N–H and O–H groups in total. The summed E-state index contributed by atoms with van der Waals surface area (Å²) in [5.74, 6) is -0.376. The third kappa shape index (κ3) is 5.90. The van der Waals surface area contributed by atoms with E-state index in [1.165, 1.54) is 29.5 Å². The van der Waals surface area contributed by atoms with Crippen LogP contribution in [-0.2, 0) is 13.6 Å². The minimum absolute atomic E-state index is 0.0204. The van der Waals surface area contributed by atoms with Crippen molar-refractivity contribution in [3.63, 3.8) is 0 Å². The summed E-state index contributed by atoms with van der Waals surface area (Å²) in [7, 11) is 1.83. The Morgan fingerprint density at radius 3 is 2.62 bits per heavy atom. The predicted molar refractivity (Wildman–Crippen MR) is 149 cm³/mol. The van der Waals surface area contributed by atoms with Gasteiger partial charge in [-0.2, -0.15) is 18.3 Å². The third-order valence-corrected chi connectivity index (χ3v) is 7.32. The van der Waals surface area contributed by atoms with Crippen LogP contribution in [0.4, 0.5) is 13.2 Å². The fraction of sp³-hybridized carbons (Fsp3) is 0.241. The third-order valence-electron chi connectivity index (χ3n) is 6.69. The molecule has 3 aromatic heterocycles. The van der Waals surface area contributed by atoms with E-state index in [1.807, 2.05) is 50.5 Å². The Balaban J connectivity index is 1.39. The lowest BCUT2D eigenvalue weighted by atomic mass is 9.98. The maximum absolute atomic E-state index is 13.9. The number of nitrogens with one attached hydrogen (secondary N) is 2. The van der Waals surface area contributed by atoms with Crippen LogP contribution in [0.1, 0.15) is 51.7 Å². The van der Waals surface area contributed by atoms with Crippen LogP contribution < -0.4 is 10.6 Å². The molecule has 1 unspecified atom stereocenters. The van der Waals surface area contributed by atoms with E-state index >= 15 is 0 Å². The number of carbonyl (C=O) groups excluding carboxylic acids is 1. The highest BCUT2D eigenvalue weighted by molar-refractivity contribution is 7.07. The summed E-state index contributed by atoms with van der Waals surface area (Å²) in [6.07, 6.45) is -0.918. The predicted octanol–water partition coefficient (Wildman–Crippen LogP) is 6.28. The van der Waals surface area contributed by atoms with Gasteiger partial charge in [-0.15, -0.1) is 11.3 Å². The van der Waals surface area contributed by atoms with Crippen molar-refractivity contribution in [2.75, 3.05) is 0 Å². The van der Waals surface area contributed by atoms with Gasteiger partial charge in [-0.3, -0.25) is 14.8 Å². The van der Waals surface area contributed by atoms with Crippen molar-refractivity contribution in [2.24, 2.45) is 7.05 Å². The smallest absolute Gasteiger partial charge is 0.345 e. The Labute approximate surface area is 233 Å². The zero-order valence-corrected chi connectivity index (χ0v) is 22.8. The molecule has 206 valence electrons. The number of rotatable bonds is 8. The number of para-hydroxylation sites is 1. The van der Waals surface area contributed by atoms with Crippen LogP contribution in [0.15, 0.2) is 71.8 Å². The van der Waals surface area contributed by atoms with Crippen LogP contribution in [0.5, 0.6) is 0 Å². The highest BCUT2D eigenvalue weighted by Gasteiger charge is 2.40. The van der Waals surface area contributed by atoms with Crippen LogP contribution >= 0.6 is 11.3 Å². The second-order valence-electron chi connectivity index (χ2n) is 9.62. The molecule has 40 heavy (non-hydrogen) atoms. The van der Waals surface area contributed by atoms with Gasteiger partial charge in [0.15, 0.2) is 0 Å². The Hall–Kier alpha value is -4.09. The van der Waals surface area contributed by atoms with E-state index < -0.39 is 18.3 Å². The van der Waals surface area contributed by atoms with E-state index in [4.69, 9.17) is 4.98 Å². The first-order valence-corrected chi connectivity index (χ1v) is 13.5. The molecule has 5 aromatic rings. The van der Waals surface area contributed by atoms with E-state index in [0.717, 1.165) is 27.7 Å². The monoisotopic (exact) mass is 564 g/mol. The van der Waals surface area contributed by atoms with Gasteiger partial charge in [0, 0.05) is 41.7 Å². The summed E-state index contributed by atoms with van der Waals surface area (Å²) in [4.78, 5) is 22.1. The van der Waals surface area contributed by atoms with Gasteiger partial charge in [-0.1, -0.05) is 30.3 Å². The molecule has 2 atom stereocenters. The number of hydrogen-bond donors (Lipinski definition) is 2. The van der Waals surface area contributed by atoms with Crippen molar-refractivity contribution >= 4 is 28.1 Å². The first-order chi connectivity index (χ1) is 19.1. The number of aromatic nitrogens is 4. The molecule has 0 saturated heterocycles. The molecule has 0 saturated carbocycles. The maximum Gasteiger partial charge on any atom is 0.407 e. The molecule has 11 heteroatoms. The second kappa shape index (κ2) is 11.2. The lowest BCUT2D eigenvalue weighted by Crippen LogP contribution is -2.34. The number of alkyl halides is 3. The average molecular weight is 565 g/mol. The molecular weight excluding hydrogens is 537 g/mol. The molecule has 0 bridgehead atoms. The topological polar surface area (TPSA) is 84.7 Å². The normalized spacial score (nSPS) is 13.3. The molecule has 7 nitrogen and oxygen atoms in total. The van der Waals surface area contributed by atoms with Crippen molar-refractivity contribution in [2.45, 2.75) is 38.7 Å². The number of carbonyl (C=O) groups is 1. The molecule has 0 fully saturated rings. The van der Waals surface area contributed by atoms with Gasteiger partial charge < -0.3 is 5.32 Å². The largest absolute Gasteiger partial charge is 0.407 e. The number of amides is 1. The highest BCUT2D eigenvalue weighted by atomic mass is 32.1. The molecule has 0 aliphatic carbocycles. The van der Waals surface area contributed by atoms with Gasteiger partial charge in [0.1, 0.15) is 6.04 Å². The quantitative estimate of drug-likeness (QED) is 0.232. The van der Waals surface area contributed by atoms with Crippen LogP contribution in [0, 0.1) is 6.92 Å². The fourth-order valence-electron chi connectivity index (χ4n) is 4.69. The van der Waals surface area contributed by atoms with Gasteiger partial charge in [0.2, 0.25) is 0 Å². The summed E-state index contributed by atoms with van der Waals surface area (Å²) in [5, 5.41) is 12.4. The molecule has 2 aromatic carbocycles. The van der Waals surface area contributed by atoms with E-state index in [1.54, 1.807) is 28.7 Å². The van der Waals surface area contributed by atoms with E-state index in [2.05, 4.69) is 20.7 Å². The van der Waals surface area contributed by atoms with E-state index in [0.29, 0.717) is 16.8 Å². The molecule has 0 aliphatic heterocycles. The summed E-state index contributed by atoms with van der Waals surface area (Å²) in [5.41, 5.74) is 6.13. The Morgan fingerprint density at radius 1 is 1.15 bits per heavy atom. The number of fused-ring (bicyclic) bond motifs is 1. The Kier molecular flexibility index (Phi) is 7.68. The SMILES string of the molecule is Cc1cc(C(NCc2cscn2)C(F)(F)F)ccc1C(=O)N[C@H](C)c1cc(-c2cnn(C)c2)nc2ccccc12. The minimum atomic E-state index is -4.52. The van der Waals surface area contributed by atoms with Crippen molar-refractivity contribution in [3.05, 3.63) is 99.8 Å². The van der Waals surface area contributed by atoms with E-state index in [-0.39, 0.29) is 18.0 Å². The zero-order chi connectivity index (χ0) is 28.4. The van der Waals surface area contributed by atoms with Crippen LogP contribution in [0.2, 0.25) is 0 Å². The van der Waals surface area contributed by atoms with Gasteiger partial charge >= 0.3 is 6.18 Å². The highest BCUT2D eigenvalue weighted by Crippen LogP contribution is 2.34. The van der Waals surface area contributed by atoms with E-state index in [9.17, 15) is 18.0 Å². The van der Waals surface area contributed by atoms with Crippen LogP contribution in [-0.4, -0.2) is 31.8 Å². The lowest BCUT2D eigenvalue weighted by Gasteiger charge is -2.23. The summed E-state index contributed by atoms with van der Waals surface area (Å²) in [6, 6.07) is 11.5. The first-order valence-electron chi connectivity index (χ1n) is 12.6. The molecular formula is C29H27F3N6OS. The number of aryl methyl sites for hydroxylation is 2. The average Bonchev–Trinajstić information content (AvgIpc) is 3.59. The minimum Gasteiger partial charge on any atom is -0.345 e. The van der Waals surface area contributed by atoms with Gasteiger partial charge in [0.25, 0.3) is 5.91 Å². The number of halogens is 3. The van der Waals surface area contributed by atoms with Gasteiger partial charge in [-0.05, 0) is 48.7 Å². The lowest BCUT2D eigenvalue weighted by molar-refractivity contribution is -0.158. The van der Waals surface area contributed by atoms with Crippen molar-refractivity contribution in [1.82, 2.24) is 30.4 Å². The summed E-state index contributed by atoms with van der Waals surface area (Å²) >= 11 is 1.32. The maximum atomic E-state index is 13.9. The number of pyridine rings is 1. The number of benzene rings is 2. The molecule has 0 radical (unpaired) electrons.